The summed E-state index contributed by atoms with van der Waals surface area (Å²) in [6.07, 6.45) is 0. The van der Waals surface area contributed by atoms with Gasteiger partial charge in [-0.1, -0.05) is 140 Å². The second-order valence-corrected chi connectivity index (χ2v) is 14.8. The molecule has 2 aromatic heterocycles. The molecule has 0 spiro atoms. The van der Waals surface area contributed by atoms with E-state index in [1.807, 2.05) is 11.3 Å². The Bertz CT molecular complexity index is 3160. The molecule has 0 aliphatic rings. The van der Waals surface area contributed by atoms with Gasteiger partial charge < -0.3 is 9.32 Å². The Labute approximate surface area is 310 Å². The van der Waals surface area contributed by atoms with Crippen molar-refractivity contribution in [3.05, 3.63) is 188 Å². The van der Waals surface area contributed by atoms with Crippen LogP contribution in [0.4, 0.5) is 17.1 Å². The largest absolute Gasteiger partial charge is 0.455 e. The van der Waals surface area contributed by atoms with Gasteiger partial charge in [0.25, 0.3) is 0 Å². The molecule has 0 amide bonds. The average molecular weight is 694 g/mol. The molecular weight excluding hydrogens is 663 g/mol. The summed E-state index contributed by atoms with van der Waals surface area (Å²) in [4.78, 5) is 2.37. The number of para-hydroxylation sites is 1. The summed E-state index contributed by atoms with van der Waals surface area (Å²) in [5.41, 5.74) is 9.84. The topological polar surface area (TPSA) is 16.4 Å². The van der Waals surface area contributed by atoms with Crippen molar-refractivity contribution in [1.82, 2.24) is 0 Å². The van der Waals surface area contributed by atoms with Gasteiger partial charge in [0.1, 0.15) is 11.2 Å². The van der Waals surface area contributed by atoms with Gasteiger partial charge in [-0.25, -0.2) is 0 Å². The predicted molar refractivity (Wildman–Crippen MR) is 227 cm³/mol. The number of benzene rings is 9. The van der Waals surface area contributed by atoms with Gasteiger partial charge in [-0.05, 0) is 81.4 Å². The third-order valence-electron chi connectivity index (χ3n) is 10.7. The van der Waals surface area contributed by atoms with Crippen LogP contribution in [0.5, 0.6) is 0 Å². The number of hydrogen-bond donors (Lipinski definition) is 0. The van der Waals surface area contributed by atoms with E-state index in [0.29, 0.717) is 0 Å². The summed E-state index contributed by atoms with van der Waals surface area (Å²) in [5.74, 6) is 0. The Morgan fingerprint density at radius 1 is 0.340 bits per heavy atom. The first-order chi connectivity index (χ1) is 26.3. The van der Waals surface area contributed by atoms with Crippen molar-refractivity contribution < 1.29 is 4.42 Å². The van der Waals surface area contributed by atoms with Crippen molar-refractivity contribution in [3.63, 3.8) is 0 Å². The lowest BCUT2D eigenvalue weighted by molar-refractivity contribution is 0.674. The van der Waals surface area contributed by atoms with Crippen LogP contribution in [0.25, 0.3) is 85.9 Å². The zero-order chi connectivity index (χ0) is 34.9. The molecule has 0 radical (unpaired) electrons. The highest BCUT2D eigenvalue weighted by Gasteiger charge is 2.18. The predicted octanol–water partition coefficient (Wildman–Crippen LogP) is 15.1. The Morgan fingerprint density at radius 3 is 1.66 bits per heavy atom. The first-order valence-corrected chi connectivity index (χ1v) is 18.8. The number of rotatable bonds is 5. The average Bonchev–Trinajstić information content (AvgIpc) is 3.80. The third kappa shape index (κ3) is 4.86. The van der Waals surface area contributed by atoms with Crippen LogP contribution in [-0.4, -0.2) is 0 Å². The van der Waals surface area contributed by atoms with Crippen molar-refractivity contribution in [2.75, 3.05) is 4.90 Å². The fourth-order valence-electron chi connectivity index (χ4n) is 8.11. The Balaban J connectivity index is 1.03. The molecule has 11 rings (SSSR count). The Hall–Kier alpha value is -6.68. The van der Waals surface area contributed by atoms with Crippen molar-refractivity contribution in [3.8, 4) is 22.3 Å². The molecule has 0 saturated carbocycles. The minimum absolute atomic E-state index is 0.919. The third-order valence-corrected chi connectivity index (χ3v) is 11.8. The lowest BCUT2D eigenvalue weighted by Gasteiger charge is -2.26. The lowest BCUT2D eigenvalue weighted by Crippen LogP contribution is -2.09. The summed E-state index contributed by atoms with van der Waals surface area (Å²) in [7, 11) is 0. The van der Waals surface area contributed by atoms with Gasteiger partial charge in [-0.15, -0.1) is 11.3 Å². The maximum absolute atomic E-state index is 6.70. The standard InChI is InChI=1S/C50H31NOS/c1-3-12-39-32(9-1)11-7-15-40(39)34-19-24-36(25-20-34)51(38-28-30-44-43-14-5-6-18-47(43)53-48(44)31-38)37-26-21-35(22-27-37)42-16-8-17-45-46-29-23-33-10-2-4-13-41(33)50(46)52-49(42)45/h1-31H. The number of hydrogen-bond acceptors (Lipinski definition) is 3. The van der Waals surface area contributed by atoms with E-state index in [1.54, 1.807) is 0 Å². The molecular formula is C50H31NOS. The van der Waals surface area contributed by atoms with E-state index in [9.17, 15) is 0 Å². The van der Waals surface area contributed by atoms with Gasteiger partial charge in [0.05, 0.1) is 0 Å². The van der Waals surface area contributed by atoms with Crippen molar-refractivity contribution in [2.45, 2.75) is 0 Å². The molecule has 0 atom stereocenters. The Kier molecular flexibility index (Phi) is 6.76. The maximum atomic E-state index is 6.70. The molecule has 0 fully saturated rings. The minimum Gasteiger partial charge on any atom is -0.455 e. The van der Waals surface area contributed by atoms with E-state index in [-0.39, 0.29) is 0 Å². The SMILES string of the molecule is c1ccc2c(-c3ccc(N(c4ccc(-c5cccc6c5oc5c7ccccc7ccc65)cc4)c4ccc5c(c4)sc4ccccc45)cc3)cccc2c1. The molecule has 0 bridgehead atoms. The van der Waals surface area contributed by atoms with Crippen LogP contribution < -0.4 is 4.90 Å². The molecule has 0 unspecified atom stereocenters. The number of fused-ring (bicyclic) bond motifs is 9. The molecule has 3 heteroatoms. The van der Waals surface area contributed by atoms with E-state index in [1.165, 1.54) is 47.5 Å². The zero-order valence-corrected chi connectivity index (χ0v) is 29.5. The molecule has 53 heavy (non-hydrogen) atoms. The fourth-order valence-corrected chi connectivity index (χ4v) is 9.25. The van der Waals surface area contributed by atoms with Gasteiger partial charge in [0.15, 0.2) is 0 Å². The van der Waals surface area contributed by atoms with Crippen molar-refractivity contribution in [1.29, 1.82) is 0 Å². The summed E-state index contributed by atoms with van der Waals surface area (Å²) in [6.45, 7) is 0. The van der Waals surface area contributed by atoms with Gasteiger partial charge in [-0.2, -0.15) is 0 Å². The number of anilines is 3. The first kappa shape index (κ1) is 30.0. The quantitative estimate of drug-likeness (QED) is 0.178. The second kappa shape index (κ2) is 11.9. The van der Waals surface area contributed by atoms with Crippen LogP contribution in [0, 0.1) is 0 Å². The zero-order valence-electron chi connectivity index (χ0n) is 28.7. The van der Waals surface area contributed by atoms with Crippen LogP contribution in [0.1, 0.15) is 0 Å². The molecule has 0 N–H and O–H groups in total. The first-order valence-electron chi connectivity index (χ1n) is 18.0. The van der Waals surface area contributed by atoms with Gasteiger partial charge in [0.2, 0.25) is 0 Å². The van der Waals surface area contributed by atoms with Gasteiger partial charge in [0, 0.05) is 59.0 Å². The number of nitrogens with zero attached hydrogens (tertiary/aromatic N) is 1. The van der Waals surface area contributed by atoms with Crippen molar-refractivity contribution in [2.24, 2.45) is 0 Å². The van der Waals surface area contributed by atoms with E-state index in [4.69, 9.17) is 4.42 Å². The van der Waals surface area contributed by atoms with Crippen LogP contribution in [0.3, 0.4) is 0 Å². The molecule has 9 aromatic carbocycles. The monoisotopic (exact) mass is 693 g/mol. The maximum Gasteiger partial charge on any atom is 0.143 e. The van der Waals surface area contributed by atoms with Gasteiger partial charge >= 0.3 is 0 Å². The highest BCUT2D eigenvalue weighted by molar-refractivity contribution is 7.25. The molecule has 0 saturated heterocycles. The number of furan rings is 1. The van der Waals surface area contributed by atoms with E-state index in [2.05, 4.69) is 193 Å². The summed E-state index contributed by atoms with van der Waals surface area (Å²) in [6, 6.07) is 67.9. The highest BCUT2D eigenvalue weighted by atomic mass is 32.1. The van der Waals surface area contributed by atoms with Crippen LogP contribution >= 0.6 is 11.3 Å². The normalized spacial score (nSPS) is 11.8. The molecule has 248 valence electrons. The fraction of sp³-hybridized carbons (Fsp3) is 0. The molecule has 0 aliphatic heterocycles. The lowest BCUT2D eigenvalue weighted by atomic mass is 9.98. The molecule has 11 aromatic rings. The van der Waals surface area contributed by atoms with Gasteiger partial charge in [-0.3, -0.25) is 0 Å². The van der Waals surface area contributed by atoms with E-state index < -0.39 is 0 Å². The second-order valence-electron chi connectivity index (χ2n) is 13.7. The minimum atomic E-state index is 0.919. The highest BCUT2D eigenvalue weighted by Crippen LogP contribution is 2.43. The molecule has 2 nitrogen and oxygen atoms in total. The molecule has 2 heterocycles. The number of thiophene rings is 1. The van der Waals surface area contributed by atoms with Crippen LogP contribution in [-0.2, 0) is 0 Å². The summed E-state index contributed by atoms with van der Waals surface area (Å²) < 4.78 is 9.29. The Morgan fingerprint density at radius 2 is 0.868 bits per heavy atom. The summed E-state index contributed by atoms with van der Waals surface area (Å²) >= 11 is 1.85. The summed E-state index contributed by atoms with van der Waals surface area (Å²) in [5, 5.41) is 9.72. The van der Waals surface area contributed by atoms with Crippen molar-refractivity contribution >= 4 is 92.1 Å². The molecule has 0 aliphatic carbocycles. The van der Waals surface area contributed by atoms with E-state index >= 15 is 0 Å². The van der Waals surface area contributed by atoms with Crippen LogP contribution in [0.15, 0.2) is 192 Å². The van der Waals surface area contributed by atoms with E-state index in [0.717, 1.165) is 55.5 Å². The van der Waals surface area contributed by atoms with Crippen LogP contribution in [0.2, 0.25) is 0 Å². The smallest absolute Gasteiger partial charge is 0.143 e.